The Balaban J connectivity index is 2.93. The summed E-state index contributed by atoms with van der Waals surface area (Å²) in [6.45, 7) is 1.88. The summed E-state index contributed by atoms with van der Waals surface area (Å²) < 4.78 is 12.9. The van der Waals surface area contributed by atoms with E-state index in [0.717, 1.165) is 12.1 Å². The van der Waals surface area contributed by atoms with Crippen LogP contribution in [0.2, 0.25) is 10.0 Å². The van der Waals surface area contributed by atoms with Gasteiger partial charge in [0, 0.05) is 12.5 Å². The van der Waals surface area contributed by atoms with Crippen LogP contribution in [-0.2, 0) is 4.79 Å². The summed E-state index contributed by atoms with van der Waals surface area (Å²) in [6, 6.07) is 2.16. The number of carbonyl (C=O) groups excluding carboxylic acids is 1. The van der Waals surface area contributed by atoms with E-state index in [1.54, 1.807) is 6.92 Å². The third kappa shape index (κ3) is 3.07. The number of halogens is 3. The number of hydrogen-bond donors (Lipinski definition) is 2. The zero-order valence-electron chi connectivity index (χ0n) is 8.56. The molecule has 1 aromatic rings. The molecule has 0 spiro atoms. The Labute approximate surface area is 103 Å². The second kappa shape index (κ2) is 5.48. The summed E-state index contributed by atoms with van der Waals surface area (Å²) in [5.41, 5.74) is 5.54. The number of amides is 1. The molecule has 16 heavy (non-hydrogen) atoms. The number of anilines is 1. The van der Waals surface area contributed by atoms with Crippen LogP contribution in [0.25, 0.3) is 0 Å². The van der Waals surface area contributed by atoms with E-state index in [9.17, 15) is 9.18 Å². The molecule has 0 saturated heterocycles. The molecule has 88 valence electrons. The Hall–Kier alpha value is -0.840. The lowest BCUT2D eigenvalue weighted by Crippen LogP contribution is -2.26. The maximum absolute atomic E-state index is 12.9. The minimum absolute atomic E-state index is 0.0579. The van der Waals surface area contributed by atoms with E-state index in [4.69, 9.17) is 28.9 Å². The molecule has 1 atom stereocenters. The summed E-state index contributed by atoms with van der Waals surface area (Å²) in [7, 11) is 0. The molecule has 0 aliphatic carbocycles. The largest absolute Gasteiger partial charge is 0.330 e. The molecule has 0 bridgehead atoms. The van der Waals surface area contributed by atoms with Crippen LogP contribution < -0.4 is 11.1 Å². The highest BCUT2D eigenvalue weighted by Crippen LogP contribution is 2.31. The minimum Gasteiger partial charge on any atom is -0.330 e. The van der Waals surface area contributed by atoms with E-state index in [-0.39, 0.29) is 34.1 Å². The molecule has 0 heterocycles. The Bertz CT molecular complexity index is 389. The first-order chi connectivity index (χ1) is 7.45. The molecule has 1 amide bonds. The number of nitrogens with two attached hydrogens (primary N) is 1. The molecule has 0 fully saturated rings. The number of nitrogens with one attached hydrogen (secondary N) is 1. The van der Waals surface area contributed by atoms with Crippen molar-refractivity contribution >= 4 is 34.8 Å². The van der Waals surface area contributed by atoms with Crippen molar-refractivity contribution in [2.75, 3.05) is 11.9 Å². The third-order valence-electron chi connectivity index (χ3n) is 2.06. The van der Waals surface area contributed by atoms with Gasteiger partial charge in [0.1, 0.15) is 5.82 Å². The van der Waals surface area contributed by atoms with E-state index in [1.807, 2.05) is 0 Å². The van der Waals surface area contributed by atoms with Crippen molar-refractivity contribution in [3.8, 4) is 0 Å². The fourth-order valence-electron chi connectivity index (χ4n) is 1.02. The Morgan fingerprint density at radius 3 is 2.44 bits per heavy atom. The quantitative estimate of drug-likeness (QED) is 0.882. The summed E-state index contributed by atoms with van der Waals surface area (Å²) >= 11 is 11.5. The zero-order chi connectivity index (χ0) is 12.3. The van der Waals surface area contributed by atoms with Gasteiger partial charge in [-0.15, -0.1) is 0 Å². The Morgan fingerprint density at radius 1 is 1.50 bits per heavy atom. The Kier molecular flexibility index (Phi) is 4.53. The lowest BCUT2D eigenvalue weighted by atomic mass is 10.1. The second-order valence-electron chi connectivity index (χ2n) is 3.37. The monoisotopic (exact) mass is 264 g/mol. The van der Waals surface area contributed by atoms with Crippen LogP contribution in [0.3, 0.4) is 0 Å². The van der Waals surface area contributed by atoms with Crippen LogP contribution in [0, 0.1) is 11.7 Å². The third-order valence-corrected chi connectivity index (χ3v) is 2.65. The van der Waals surface area contributed by atoms with Crippen molar-refractivity contribution in [3.05, 3.63) is 28.0 Å². The van der Waals surface area contributed by atoms with Gasteiger partial charge in [-0.05, 0) is 12.1 Å². The lowest BCUT2D eigenvalue weighted by molar-refractivity contribution is -0.119. The smallest absolute Gasteiger partial charge is 0.228 e. The van der Waals surface area contributed by atoms with Gasteiger partial charge in [-0.3, -0.25) is 4.79 Å². The SMILES string of the molecule is CC(CN)C(=O)Nc1c(Cl)cc(F)cc1Cl. The number of benzene rings is 1. The zero-order valence-corrected chi connectivity index (χ0v) is 10.1. The summed E-state index contributed by atoms with van der Waals surface area (Å²) in [6.07, 6.45) is 0. The fourth-order valence-corrected chi connectivity index (χ4v) is 1.57. The first-order valence-electron chi connectivity index (χ1n) is 4.61. The van der Waals surface area contributed by atoms with E-state index in [1.165, 1.54) is 0 Å². The van der Waals surface area contributed by atoms with Crippen molar-refractivity contribution in [1.82, 2.24) is 0 Å². The van der Waals surface area contributed by atoms with Gasteiger partial charge >= 0.3 is 0 Å². The van der Waals surface area contributed by atoms with Crippen molar-refractivity contribution < 1.29 is 9.18 Å². The second-order valence-corrected chi connectivity index (χ2v) is 4.18. The van der Waals surface area contributed by atoms with E-state index < -0.39 is 5.82 Å². The molecular formula is C10H11Cl2FN2O. The van der Waals surface area contributed by atoms with Gasteiger partial charge in [0.05, 0.1) is 15.7 Å². The normalized spacial score (nSPS) is 12.3. The molecule has 0 radical (unpaired) electrons. The predicted octanol–water partition coefficient (Wildman–Crippen LogP) is 2.67. The molecule has 1 rings (SSSR count). The maximum atomic E-state index is 12.9. The molecule has 6 heteroatoms. The van der Waals surface area contributed by atoms with Gasteiger partial charge in [-0.25, -0.2) is 4.39 Å². The molecule has 0 saturated carbocycles. The maximum Gasteiger partial charge on any atom is 0.228 e. The summed E-state index contributed by atoms with van der Waals surface area (Å²) in [5, 5.41) is 2.62. The van der Waals surface area contributed by atoms with Crippen molar-refractivity contribution in [2.24, 2.45) is 11.7 Å². The van der Waals surface area contributed by atoms with Crippen LogP contribution in [-0.4, -0.2) is 12.5 Å². The topological polar surface area (TPSA) is 55.1 Å². The first kappa shape index (κ1) is 13.2. The molecule has 1 aromatic carbocycles. The predicted molar refractivity (Wildman–Crippen MR) is 63.3 cm³/mol. The van der Waals surface area contributed by atoms with Crippen molar-refractivity contribution in [2.45, 2.75) is 6.92 Å². The molecule has 0 aromatic heterocycles. The highest BCUT2D eigenvalue weighted by atomic mass is 35.5. The van der Waals surface area contributed by atoms with Gasteiger partial charge in [-0.2, -0.15) is 0 Å². The number of hydrogen-bond acceptors (Lipinski definition) is 2. The van der Waals surface area contributed by atoms with Crippen LogP contribution in [0.15, 0.2) is 12.1 Å². The van der Waals surface area contributed by atoms with E-state index >= 15 is 0 Å². The van der Waals surface area contributed by atoms with Crippen molar-refractivity contribution in [3.63, 3.8) is 0 Å². The first-order valence-corrected chi connectivity index (χ1v) is 5.36. The van der Waals surface area contributed by atoms with Gasteiger partial charge in [-0.1, -0.05) is 30.1 Å². The van der Waals surface area contributed by atoms with Gasteiger partial charge < -0.3 is 11.1 Å². The van der Waals surface area contributed by atoms with Gasteiger partial charge in [0.25, 0.3) is 0 Å². The van der Waals surface area contributed by atoms with E-state index in [0.29, 0.717) is 0 Å². The van der Waals surface area contributed by atoms with Crippen LogP contribution in [0.5, 0.6) is 0 Å². The number of carbonyl (C=O) groups is 1. The van der Waals surface area contributed by atoms with E-state index in [2.05, 4.69) is 5.32 Å². The summed E-state index contributed by atoms with van der Waals surface area (Å²) in [5.74, 6) is -1.23. The molecule has 3 N–H and O–H groups in total. The highest BCUT2D eigenvalue weighted by molar-refractivity contribution is 6.39. The van der Waals surface area contributed by atoms with Gasteiger partial charge in [0.2, 0.25) is 5.91 Å². The summed E-state index contributed by atoms with van der Waals surface area (Å²) in [4.78, 5) is 11.5. The molecule has 0 aliphatic heterocycles. The van der Waals surface area contributed by atoms with Crippen LogP contribution in [0.4, 0.5) is 10.1 Å². The lowest BCUT2D eigenvalue weighted by Gasteiger charge is -2.12. The fraction of sp³-hybridized carbons (Fsp3) is 0.300. The van der Waals surface area contributed by atoms with Crippen LogP contribution in [0.1, 0.15) is 6.92 Å². The Morgan fingerprint density at radius 2 is 2.00 bits per heavy atom. The average molecular weight is 265 g/mol. The van der Waals surface area contributed by atoms with Crippen LogP contribution >= 0.6 is 23.2 Å². The molecular weight excluding hydrogens is 254 g/mol. The van der Waals surface area contributed by atoms with Gasteiger partial charge in [0.15, 0.2) is 0 Å². The highest BCUT2D eigenvalue weighted by Gasteiger charge is 2.15. The molecule has 0 aliphatic rings. The molecule has 1 unspecified atom stereocenters. The minimum atomic E-state index is -0.556. The average Bonchev–Trinajstić information content (AvgIpc) is 2.21. The standard InChI is InChI=1S/C10H11Cl2FN2O/c1-5(4-14)10(16)15-9-7(11)2-6(13)3-8(9)12/h2-3,5H,4,14H2,1H3,(H,15,16). The molecule has 3 nitrogen and oxygen atoms in total. The van der Waals surface area contributed by atoms with Crippen molar-refractivity contribution in [1.29, 1.82) is 0 Å². The number of rotatable bonds is 3.